The number of amides is 2. The Hall–Kier alpha value is -4.74. The summed E-state index contributed by atoms with van der Waals surface area (Å²) in [7, 11) is 6.50. The highest BCUT2D eigenvalue weighted by molar-refractivity contribution is 5.88. The fourth-order valence-electron chi connectivity index (χ4n) is 6.48. The molecule has 11 nitrogen and oxygen atoms in total. The predicted octanol–water partition coefficient (Wildman–Crippen LogP) is 5.72. The molecule has 0 radical (unpaired) electrons. The number of carbonyl (C=O) groups excluding carboxylic acids is 2. The Morgan fingerprint density at radius 1 is 0.604 bits per heavy atom. The highest BCUT2D eigenvalue weighted by Gasteiger charge is 2.21. The summed E-state index contributed by atoms with van der Waals surface area (Å²) in [5.74, 6) is 3.34. The monoisotopic (exact) mass is 730 g/mol. The lowest BCUT2D eigenvalue weighted by molar-refractivity contribution is -0.126. The van der Waals surface area contributed by atoms with Crippen molar-refractivity contribution in [2.45, 2.75) is 39.7 Å². The van der Waals surface area contributed by atoms with Crippen LogP contribution < -0.4 is 23.7 Å². The number of ether oxygens (including phenoxy) is 5. The van der Waals surface area contributed by atoms with Crippen molar-refractivity contribution in [3.05, 3.63) is 77.4 Å². The van der Waals surface area contributed by atoms with Crippen LogP contribution >= 0.6 is 0 Å². The van der Waals surface area contributed by atoms with Gasteiger partial charge in [-0.15, -0.1) is 0 Å². The van der Waals surface area contributed by atoms with E-state index in [9.17, 15) is 9.59 Å². The Morgan fingerprint density at radius 2 is 1.02 bits per heavy atom. The first-order valence-corrected chi connectivity index (χ1v) is 18.5. The molecule has 2 fully saturated rings. The van der Waals surface area contributed by atoms with Gasteiger partial charge in [0.15, 0.2) is 11.5 Å². The van der Waals surface area contributed by atoms with E-state index in [0.717, 1.165) is 93.4 Å². The molecule has 2 aromatic rings. The first-order chi connectivity index (χ1) is 25.6. The van der Waals surface area contributed by atoms with Gasteiger partial charge in [0.2, 0.25) is 17.6 Å². The van der Waals surface area contributed by atoms with Gasteiger partial charge in [-0.1, -0.05) is 36.5 Å². The number of methoxy groups -OCH3 is 4. The summed E-state index contributed by atoms with van der Waals surface area (Å²) in [6, 6.07) is 7.68. The number of hydrogen-bond acceptors (Lipinski definition) is 9. The summed E-state index contributed by atoms with van der Waals surface area (Å²) < 4.78 is 27.9. The molecule has 0 N–H and O–H groups in total. The normalized spacial score (nSPS) is 16.5. The molecule has 53 heavy (non-hydrogen) atoms. The van der Waals surface area contributed by atoms with Crippen LogP contribution in [-0.4, -0.2) is 131 Å². The van der Waals surface area contributed by atoms with Crippen LogP contribution in [0.15, 0.2) is 60.7 Å². The number of carbonyl (C=O) groups is 2. The van der Waals surface area contributed by atoms with Crippen molar-refractivity contribution in [3.63, 3.8) is 0 Å². The van der Waals surface area contributed by atoms with Crippen molar-refractivity contribution in [2.75, 3.05) is 93.9 Å². The van der Waals surface area contributed by atoms with E-state index in [1.807, 2.05) is 79.1 Å². The molecule has 2 amide bonds. The summed E-state index contributed by atoms with van der Waals surface area (Å²) >= 11 is 0. The van der Waals surface area contributed by atoms with E-state index >= 15 is 0 Å². The fraction of sp³-hybridized carbons (Fsp3) is 0.476. The maximum Gasteiger partial charge on any atom is 0.246 e. The van der Waals surface area contributed by atoms with Crippen molar-refractivity contribution < 1.29 is 33.3 Å². The van der Waals surface area contributed by atoms with E-state index in [4.69, 9.17) is 23.7 Å². The van der Waals surface area contributed by atoms with Gasteiger partial charge >= 0.3 is 0 Å². The van der Waals surface area contributed by atoms with Crippen LogP contribution in [0.1, 0.15) is 43.4 Å². The van der Waals surface area contributed by atoms with Crippen LogP contribution in [0, 0.1) is 6.92 Å². The predicted molar refractivity (Wildman–Crippen MR) is 211 cm³/mol. The largest absolute Gasteiger partial charge is 0.496 e. The van der Waals surface area contributed by atoms with Crippen LogP contribution in [0.3, 0.4) is 0 Å². The van der Waals surface area contributed by atoms with Crippen molar-refractivity contribution >= 4 is 24.0 Å². The van der Waals surface area contributed by atoms with Crippen LogP contribution in [0.5, 0.6) is 28.7 Å². The minimum atomic E-state index is -0.0194. The summed E-state index contributed by atoms with van der Waals surface area (Å²) in [5, 5.41) is 0. The second-order valence-corrected chi connectivity index (χ2v) is 13.4. The number of allylic oxidation sites excluding steroid dienone is 4. The second-order valence-electron chi connectivity index (χ2n) is 13.4. The first kappa shape index (κ1) is 41.0. The SMILES string of the molecule is COc1cc(/C=C/C=C/C(=O)N2CCCN(CCN3CCCN(C(=O)/C=C/C=C/c4cc(OC)c(OC(C)C)c(OC)c4)CC3)CC2)cc(OC)c1C. The average molecular weight is 731 g/mol. The van der Waals surface area contributed by atoms with Gasteiger partial charge in [-0.3, -0.25) is 9.59 Å². The Balaban J connectivity index is 1.19. The minimum Gasteiger partial charge on any atom is -0.496 e. The molecule has 11 heteroatoms. The lowest BCUT2D eigenvalue weighted by atomic mass is 10.1. The maximum atomic E-state index is 13.0. The van der Waals surface area contributed by atoms with Gasteiger partial charge in [-0.05, 0) is 82.1 Å². The molecule has 2 heterocycles. The third-order valence-corrected chi connectivity index (χ3v) is 9.42. The summed E-state index contributed by atoms with van der Waals surface area (Å²) in [6.45, 7) is 14.3. The topological polar surface area (TPSA) is 93.3 Å². The highest BCUT2D eigenvalue weighted by atomic mass is 16.5. The molecule has 0 saturated carbocycles. The molecule has 0 atom stereocenters. The fourth-order valence-corrected chi connectivity index (χ4v) is 6.48. The quantitative estimate of drug-likeness (QED) is 0.169. The average Bonchev–Trinajstić information content (AvgIpc) is 3.56. The van der Waals surface area contributed by atoms with E-state index in [-0.39, 0.29) is 17.9 Å². The standard InChI is InChI=1S/C42H58N4O7/c1-32(2)53-42-38(51-6)30-35(31-39(42)52-7)15-9-11-17-41(48)46-21-13-19-44(25-27-46)23-22-43-18-12-20-45(26-24-43)40(47)16-10-8-14-34-28-36(49-4)33(3)37(29-34)50-5/h8-11,14-17,28-32H,12-13,18-27H2,1-7H3/b14-8+,15-9+,16-10+,17-11+. The van der Waals surface area contributed by atoms with E-state index in [2.05, 4.69) is 9.80 Å². The molecule has 288 valence electrons. The number of nitrogens with zero attached hydrogens (tertiary/aromatic N) is 4. The van der Waals surface area contributed by atoms with Gasteiger partial charge in [-0.25, -0.2) is 0 Å². The molecule has 2 aliphatic heterocycles. The molecule has 0 bridgehead atoms. The molecule has 0 aliphatic carbocycles. The third kappa shape index (κ3) is 12.4. The van der Waals surface area contributed by atoms with E-state index in [1.165, 1.54) is 0 Å². The summed E-state index contributed by atoms with van der Waals surface area (Å²) in [4.78, 5) is 34.8. The van der Waals surface area contributed by atoms with Gasteiger partial charge in [0.05, 0.1) is 34.5 Å². The Morgan fingerprint density at radius 3 is 1.42 bits per heavy atom. The molecule has 0 aromatic heterocycles. The molecule has 0 unspecified atom stereocenters. The Labute approximate surface area is 316 Å². The van der Waals surface area contributed by atoms with E-state index in [0.29, 0.717) is 30.3 Å². The van der Waals surface area contributed by atoms with Gasteiger partial charge in [0.1, 0.15) is 11.5 Å². The molecule has 2 aromatic carbocycles. The van der Waals surface area contributed by atoms with Gasteiger partial charge in [-0.2, -0.15) is 0 Å². The minimum absolute atomic E-state index is 0.0183. The number of hydrogen-bond donors (Lipinski definition) is 0. The zero-order valence-corrected chi connectivity index (χ0v) is 32.6. The second kappa shape index (κ2) is 21.1. The molecule has 0 spiro atoms. The lowest BCUT2D eigenvalue weighted by Gasteiger charge is -2.26. The van der Waals surface area contributed by atoms with Gasteiger partial charge < -0.3 is 43.3 Å². The Kier molecular flexibility index (Phi) is 16.3. The smallest absolute Gasteiger partial charge is 0.246 e. The zero-order valence-electron chi connectivity index (χ0n) is 32.6. The van der Waals surface area contributed by atoms with Crippen LogP contribution in [-0.2, 0) is 9.59 Å². The van der Waals surface area contributed by atoms with Crippen LogP contribution in [0.4, 0.5) is 0 Å². The van der Waals surface area contributed by atoms with Crippen molar-refractivity contribution in [3.8, 4) is 28.7 Å². The highest BCUT2D eigenvalue weighted by Crippen LogP contribution is 2.39. The van der Waals surface area contributed by atoms with E-state index in [1.54, 1.807) is 52.7 Å². The number of rotatable bonds is 15. The summed E-state index contributed by atoms with van der Waals surface area (Å²) in [5.41, 5.74) is 2.77. The third-order valence-electron chi connectivity index (χ3n) is 9.42. The van der Waals surface area contributed by atoms with Crippen molar-refractivity contribution in [2.24, 2.45) is 0 Å². The van der Waals surface area contributed by atoms with Gasteiger partial charge in [0.25, 0.3) is 0 Å². The Bertz CT molecular complexity index is 1580. The van der Waals surface area contributed by atoms with Crippen LogP contribution in [0.2, 0.25) is 0 Å². The molecule has 2 saturated heterocycles. The maximum absolute atomic E-state index is 13.0. The molecular weight excluding hydrogens is 672 g/mol. The van der Waals surface area contributed by atoms with E-state index < -0.39 is 0 Å². The lowest BCUT2D eigenvalue weighted by Crippen LogP contribution is -2.39. The first-order valence-electron chi connectivity index (χ1n) is 18.5. The van der Waals surface area contributed by atoms with Crippen molar-refractivity contribution in [1.29, 1.82) is 0 Å². The van der Waals surface area contributed by atoms with Crippen LogP contribution in [0.25, 0.3) is 12.2 Å². The molecule has 2 aliphatic rings. The molecular formula is C42H58N4O7. The molecule has 4 rings (SSSR count). The summed E-state index contributed by atoms with van der Waals surface area (Å²) in [6.07, 6.45) is 16.3. The van der Waals surface area contributed by atoms with Crippen molar-refractivity contribution in [1.82, 2.24) is 19.6 Å². The van der Waals surface area contributed by atoms with Gasteiger partial charge in [0, 0.05) is 70.1 Å². The zero-order chi connectivity index (χ0) is 38.2. The number of benzene rings is 2.